The molecule has 0 radical (unpaired) electrons. The zero-order valence-electron chi connectivity index (χ0n) is 16.8. The van der Waals surface area contributed by atoms with Gasteiger partial charge in [0, 0.05) is 0 Å². The predicted octanol–water partition coefficient (Wildman–Crippen LogP) is 5.93. The second kappa shape index (κ2) is 5.77. The summed E-state index contributed by atoms with van der Waals surface area (Å²) in [5.74, 6) is 3.07. The van der Waals surface area contributed by atoms with E-state index in [2.05, 4.69) is 64.1 Å². The number of rotatable bonds is 2. The molecule has 2 aromatic rings. The second-order valence-electron chi connectivity index (χ2n) is 9.30. The number of hydrogen-bond acceptors (Lipinski definition) is 2. The summed E-state index contributed by atoms with van der Waals surface area (Å²) in [6, 6.07) is 13.4. The van der Waals surface area contributed by atoms with Crippen LogP contribution in [0.15, 0.2) is 36.4 Å². The number of methoxy groups -OCH3 is 2. The first-order valence-corrected chi connectivity index (χ1v) is 9.64. The van der Waals surface area contributed by atoms with Gasteiger partial charge in [0.05, 0.1) is 14.2 Å². The normalized spacial score (nSPS) is 24.8. The van der Waals surface area contributed by atoms with Crippen LogP contribution in [-0.2, 0) is 10.8 Å². The zero-order chi connectivity index (χ0) is 18.7. The Hall–Kier alpha value is -1.96. The zero-order valence-corrected chi connectivity index (χ0v) is 16.8. The van der Waals surface area contributed by atoms with Crippen LogP contribution in [0.2, 0.25) is 0 Å². The van der Waals surface area contributed by atoms with Crippen LogP contribution in [0.5, 0.6) is 11.5 Å². The predicted molar refractivity (Wildman–Crippen MR) is 107 cm³/mol. The van der Waals surface area contributed by atoms with E-state index in [9.17, 15) is 0 Å². The Morgan fingerprint density at radius 2 is 1.08 bits per heavy atom. The number of fused-ring (bicyclic) bond motifs is 5. The SMILES string of the molecule is COc1ccc2c(c1)C(C)(C)C[C@H]1c3ccc(OC)cc3C(C)(C)C[C@H]21. The van der Waals surface area contributed by atoms with Gasteiger partial charge in [-0.05, 0) is 82.0 Å². The van der Waals surface area contributed by atoms with Gasteiger partial charge in [-0.2, -0.15) is 0 Å². The van der Waals surface area contributed by atoms with E-state index in [-0.39, 0.29) is 10.8 Å². The first-order valence-electron chi connectivity index (χ1n) is 9.64. The Kier molecular flexibility index (Phi) is 3.87. The number of hydrogen-bond donors (Lipinski definition) is 0. The average Bonchev–Trinajstić information content (AvgIpc) is 2.62. The lowest BCUT2D eigenvalue weighted by atomic mass is 9.54. The smallest absolute Gasteiger partial charge is 0.119 e. The van der Waals surface area contributed by atoms with Gasteiger partial charge in [-0.15, -0.1) is 0 Å². The first kappa shape index (κ1) is 17.5. The van der Waals surface area contributed by atoms with Gasteiger partial charge in [-0.1, -0.05) is 39.8 Å². The van der Waals surface area contributed by atoms with E-state index in [1.807, 2.05) is 0 Å². The molecule has 0 unspecified atom stereocenters. The second-order valence-corrected chi connectivity index (χ2v) is 9.30. The van der Waals surface area contributed by atoms with Crippen molar-refractivity contribution in [1.82, 2.24) is 0 Å². The molecule has 0 saturated heterocycles. The maximum atomic E-state index is 5.52. The molecule has 138 valence electrons. The molecule has 0 saturated carbocycles. The molecule has 2 atom stereocenters. The maximum Gasteiger partial charge on any atom is 0.119 e. The van der Waals surface area contributed by atoms with Gasteiger partial charge in [0.2, 0.25) is 0 Å². The molecule has 2 aliphatic rings. The minimum Gasteiger partial charge on any atom is -0.497 e. The summed E-state index contributed by atoms with van der Waals surface area (Å²) in [4.78, 5) is 0. The third-order valence-electron chi connectivity index (χ3n) is 6.72. The molecule has 0 spiro atoms. The van der Waals surface area contributed by atoms with Crippen LogP contribution < -0.4 is 9.47 Å². The van der Waals surface area contributed by atoms with Crippen molar-refractivity contribution in [2.75, 3.05) is 14.2 Å². The third-order valence-corrected chi connectivity index (χ3v) is 6.72. The van der Waals surface area contributed by atoms with Gasteiger partial charge in [-0.25, -0.2) is 0 Å². The molecule has 0 aromatic heterocycles. The topological polar surface area (TPSA) is 18.5 Å². The lowest BCUT2D eigenvalue weighted by Crippen LogP contribution is -2.39. The summed E-state index contributed by atoms with van der Waals surface area (Å²) in [5, 5.41) is 0. The van der Waals surface area contributed by atoms with E-state index < -0.39 is 0 Å². The van der Waals surface area contributed by atoms with Gasteiger partial charge < -0.3 is 9.47 Å². The average molecular weight is 351 g/mol. The van der Waals surface area contributed by atoms with Gasteiger partial charge in [0.15, 0.2) is 0 Å². The van der Waals surface area contributed by atoms with Gasteiger partial charge in [0.25, 0.3) is 0 Å². The maximum absolute atomic E-state index is 5.52. The summed E-state index contributed by atoms with van der Waals surface area (Å²) in [6.07, 6.45) is 2.35. The molecule has 0 heterocycles. The molecule has 0 bridgehead atoms. The van der Waals surface area contributed by atoms with Crippen molar-refractivity contribution >= 4 is 0 Å². The highest BCUT2D eigenvalue weighted by molar-refractivity contribution is 5.52. The Labute approximate surface area is 157 Å². The largest absolute Gasteiger partial charge is 0.497 e. The lowest BCUT2D eigenvalue weighted by Gasteiger charge is -2.50. The van der Waals surface area contributed by atoms with E-state index in [1.165, 1.54) is 35.1 Å². The highest BCUT2D eigenvalue weighted by atomic mass is 16.5. The van der Waals surface area contributed by atoms with Crippen LogP contribution in [0.1, 0.15) is 74.6 Å². The summed E-state index contributed by atoms with van der Waals surface area (Å²) in [5.41, 5.74) is 6.24. The molecule has 2 heteroatoms. The lowest BCUT2D eigenvalue weighted by molar-refractivity contribution is 0.272. The highest BCUT2D eigenvalue weighted by Gasteiger charge is 2.46. The fourth-order valence-corrected chi connectivity index (χ4v) is 5.40. The Balaban J connectivity index is 1.89. The molecule has 0 amide bonds. The molecule has 2 nitrogen and oxygen atoms in total. The fourth-order valence-electron chi connectivity index (χ4n) is 5.40. The van der Waals surface area contributed by atoms with Crippen molar-refractivity contribution in [2.45, 2.75) is 63.2 Å². The van der Waals surface area contributed by atoms with Crippen molar-refractivity contribution in [3.8, 4) is 11.5 Å². The highest BCUT2D eigenvalue weighted by Crippen LogP contribution is 2.59. The van der Waals surface area contributed by atoms with Gasteiger partial charge in [-0.3, -0.25) is 0 Å². The molecular formula is C24H30O2. The van der Waals surface area contributed by atoms with Crippen molar-refractivity contribution in [2.24, 2.45) is 0 Å². The van der Waals surface area contributed by atoms with Crippen molar-refractivity contribution in [3.05, 3.63) is 58.7 Å². The van der Waals surface area contributed by atoms with E-state index in [0.717, 1.165) is 11.5 Å². The van der Waals surface area contributed by atoms with E-state index in [0.29, 0.717) is 11.8 Å². The van der Waals surface area contributed by atoms with E-state index in [4.69, 9.17) is 9.47 Å². The molecule has 0 aliphatic heterocycles. The summed E-state index contributed by atoms with van der Waals surface area (Å²) in [6.45, 7) is 9.52. The molecule has 2 aliphatic carbocycles. The Morgan fingerprint density at radius 3 is 1.42 bits per heavy atom. The summed E-state index contributed by atoms with van der Waals surface area (Å²) >= 11 is 0. The molecular weight excluding hydrogens is 320 g/mol. The van der Waals surface area contributed by atoms with Crippen LogP contribution in [0.4, 0.5) is 0 Å². The van der Waals surface area contributed by atoms with Crippen LogP contribution in [-0.4, -0.2) is 14.2 Å². The van der Waals surface area contributed by atoms with E-state index >= 15 is 0 Å². The molecule has 2 aromatic carbocycles. The monoisotopic (exact) mass is 350 g/mol. The molecule has 0 N–H and O–H groups in total. The third kappa shape index (κ3) is 2.53. The standard InChI is InChI=1S/C24H30O2/c1-23(2)13-19-18-10-8-16(26-6)12-22(18)24(3,4)14-20(19)17-9-7-15(25-5)11-21(17)23/h7-12,19-20H,13-14H2,1-6H3/t19-,20+. The van der Waals surface area contributed by atoms with Gasteiger partial charge in [0.1, 0.15) is 11.5 Å². The first-order chi connectivity index (χ1) is 12.3. The van der Waals surface area contributed by atoms with E-state index in [1.54, 1.807) is 14.2 Å². The molecule has 0 fully saturated rings. The minimum absolute atomic E-state index is 0.143. The molecule has 26 heavy (non-hydrogen) atoms. The number of benzene rings is 2. The van der Waals surface area contributed by atoms with Crippen LogP contribution in [0.25, 0.3) is 0 Å². The fraction of sp³-hybridized carbons (Fsp3) is 0.500. The van der Waals surface area contributed by atoms with Crippen LogP contribution >= 0.6 is 0 Å². The summed E-state index contributed by atoms with van der Waals surface area (Å²) in [7, 11) is 3.52. The number of ether oxygens (including phenoxy) is 2. The Bertz CT molecular complexity index is 776. The van der Waals surface area contributed by atoms with Crippen molar-refractivity contribution in [1.29, 1.82) is 0 Å². The Morgan fingerprint density at radius 1 is 0.692 bits per heavy atom. The van der Waals surface area contributed by atoms with Gasteiger partial charge >= 0.3 is 0 Å². The van der Waals surface area contributed by atoms with Crippen LogP contribution in [0.3, 0.4) is 0 Å². The minimum atomic E-state index is 0.143. The summed E-state index contributed by atoms with van der Waals surface area (Å²) < 4.78 is 11.0. The molecule has 4 rings (SSSR count). The van der Waals surface area contributed by atoms with Crippen molar-refractivity contribution < 1.29 is 9.47 Å². The van der Waals surface area contributed by atoms with Crippen LogP contribution in [0, 0.1) is 0 Å². The van der Waals surface area contributed by atoms with Crippen molar-refractivity contribution in [3.63, 3.8) is 0 Å². The quantitative estimate of drug-likeness (QED) is 0.668.